The number of fused-ring (bicyclic) bond motifs is 1. The second-order valence-corrected chi connectivity index (χ2v) is 11.5. The lowest BCUT2D eigenvalue weighted by Crippen LogP contribution is -2.61. The standard InChI is InChI=1S/C31H31F8N3.ClH/c1-40(18-21-10-25(30(34,35)36)14-27(32)12-21)20-29(16-23-4-2-3-5-24(23)17-29)42-8-6-41(7-9-42)19-22-11-26(31(37,38)39)15-28(33)13-22;/h2-5,10-15H,6-9,16-20H2,1H3;1H. The van der Waals surface area contributed by atoms with Crippen LogP contribution in [0.15, 0.2) is 60.7 Å². The molecule has 0 radical (unpaired) electrons. The first-order chi connectivity index (χ1) is 19.7. The maximum atomic E-state index is 14.0. The van der Waals surface area contributed by atoms with Crippen LogP contribution in [0.2, 0.25) is 0 Å². The Bertz CT molecular complexity index is 1390. The average molecular weight is 634 g/mol. The van der Waals surface area contributed by atoms with Crippen LogP contribution < -0.4 is 0 Å². The van der Waals surface area contributed by atoms with E-state index in [1.807, 2.05) is 21.9 Å². The van der Waals surface area contributed by atoms with Gasteiger partial charge in [-0.1, -0.05) is 24.3 Å². The highest BCUT2D eigenvalue weighted by Crippen LogP contribution is 2.37. The smallest absolute Gasteiger partial charge is 0.300 e. The fourth-order valence-electron chi connectivity index (χ4n) is 6.43. The lowest BCUT2D eigenvalue weighted by atomic mass is 9.91. The van der Waals surface area contributed by atoms with E-state index in [9.17, 15) is 35.1 Å². The van der Waals surface area contributed by atoms with Gasteiger partial charge in [-0.15, -0.1) is 12.4 Å². The van der Waals surface area contributed by atoms with Crippen LogP contribution >= 0.6 is 12.4 Å². The van der Waals surface area contributed by atoms with Crippen molar-refractivity contribution in [2.24, 2.45) is 0 Å². The number of alkyl halides is 6. The summed E-state index contributed by atoms with van der Waals surface area (Å²) in [6.45, 7) is 3.15. The minimum atomic E-state index is -4.65. The molecule has 12 heteroatoms. The molecule has 0 bridgehead atoms. The van der Waals surface area contributed by atoms with E-state index in [4.69, 9.17) is 0 Å². The summed E-state index contributed by atoms with van der Waals surface area (Å²) in [5.74, 6) is -1.86. The second kappa shape index (κ2) is 12.7. The van der Waals surface area contributed by atoms with Gasteiger partial charge in [-0.3, -0.25) is 9.80 Å². The fraction of sp³-hybridized carbons (Fsp3) is 0.419. The van der Waals surface area contributed by atoms with Gasteiger partial charge < -0.3 is 4.90 Å². The molecule has 43 heavy (non-hydrogen) atoms. The van der Waals surface area contributed by atoms with Crippen molar-refractivity contribution in [1.82, 2.24) is 14.7 Å². The lowest BCUT2D eigenvalue weighted by Gasteiger charge is -2.47. The molecular formula is C31H32ClF8N3. The Balaban J connectivity index is 0.00000423. The zero-order valence-corrected chi connectivity index (χ0v) is 24.2. The monoisotopic (exact) mass is 633 g/mol. The van der Waals surface area contributed by atoms with Crippen LogP contribution in [-0.2, 0) is 38.3 Å². The molecule has 1 saturated heterocycles. The Morgan fingerprint density at radius 2 is 1.21 bits per heavy atom. The number of nitrogens with zero attached hydrogens (tertiary/aromatic N) is 3. The van der Waals surface area contributed by atoms with Gasteiger partial charge in [-0.25, -0.2) is 8.78 Å². The van der Waals surface area contributed by atoms with E-state index in [-0.39, 0.29) is 42.2 Å². The normalized spacial score (nSPS) is 17.6. The van der Waals surface area contributed by atoms with Gasteiger partial charge in [0.2, 0.25) is 0 Å². The Morgan fingerprint density at radius 1 is 0.721 bits per heavy atom. The number of halogens is 9. The summed E-state index contributed by atoms with van der Waals surface area (Å²) in [4.78, 5) is 6.26. The quantitative estimate of drug-likeness (QED) is 0.255. The molecule has 2 aliphatic rings. The molecule has 0 atom stereocenters. The third-order valence-electron chi connectivity index (χ3n) is 8.19. The van der Waals surface area contributed by atoms with E-state index in [0.717, 1.165) is 37.1 Å². The molecule has 0 N–H and O–H groups in total. The number of piperazine rings is 1. The van der Waals surface area contributed by atoms with Gasteiger partial charge >= 0.3 is 12.4 Å². The van der Waals surface area contributed by atoms with Crippen molar-refractivity contribution >= 4 is 12.4 Å². The molecule has 1 fully saturated rings. The Hall–Kier alpha value is -2.73. The van der Waals surface area contributed by atoms with Crippen LogP contribution in [0.3, 0.4) is 0 Å². The van der Waals surface area contributed by atoms with E-state index in [1.54, 1.807) is 7.05 Å². The highest BCUT2D eigenvalue weighted by molar-refractivity contribution is 5.85. The molecule has 0 unspecified atom stereocenters. The lowest BCUT2D eigenvalue weighted by molar-refractivity contribution is -0.138. The number of benzene rings is 3. The molecule has 3 aromatic carbocycles. The summed E-state index contributed by atoms with van der Waals surface area (Å²) in [7, 11) is 1.81. The van der Waals surface area contributed by atoms with Gasteiger partial charge in [0, 0.05) is 51.4 Å². The Morgan fingerprint density at radius 3 is 1.72 bits per heavy atom. The minimum Gasteiger partial charge on any atom is -0.300 e. The number of hydrogen-bond donors (Lipinski definition) is 0. The van der Waals surface area contributed by atoms with E-state index in [0.29, 0.717) is 44.9 Å². The van der Waals surface area contributed by atoms with Crippen LogP contribution in [0.1, 0.15) is 33.4 Å². The maximum Gasteiger partial charge on any atom is 0.416 e. The van der Waals surface area contributed by atoms with E-state index in [1.165, 1.54) is 11.1 Å². The largest absolute Gasteiger partial charge is 0.416 e. The minimum absolute atomic E-state index is 0. The molecular weight excluding hydrogens is 602 g/mol. The summed E-state index contributed by atoms with van der Waals surface area (Å²) in [6.07, 6.45) is -7.83. The van der Waals surface area contributed by atoms with Gasteiger partial charge in [-0.05, 0) is 78.5 Å². The highest BCUT2D eigenvalue weighted by atomic mass is 35.5. The van der Waals surface area contributed by atoms with Crippen molar-refractivity contribution in [3.8, 4) is 0 Å². The molecule has 0 aromatic heterocycles. The third-order valence-corrected chi connectivity index (χ3v) is 8.19. The average Bonchev–Trinajstić information content (AvgIpc) is 3.26. The first-order valence-electron chi connectivity index (χ1n) is 13.7. The van der Waals surface area contributed by atoms with Crippen molar-refractivity contribution < 1.29 is 35.1 Å². The van der Waals surface area contributed by atoms with E-state index < -0.39 is 35.1 Å². The van der Waals surface area contributed by atoms with Crippen molar-refractivity contribution in [3.63, 3.8) is 0 Å². The molecule has 0 amide bonds. The predicted molar refractivity (Wildman–Crippen MR) is 150 cm³/mol. The first-order valence-corrected chi connectivity index (χ1v) is 13.7. The molecule has 1 heterocycles. The molecule has 0 spiro atoms. The van der Waals surface area contributed by atoms with Crippen molar-refractivity contribution in [1.29, 1.82) is 0 Å². The molecule has 3 nitrogen and oxygen atoms in total. The number of rotatable bonds is 7. The predicted octanol–water partition coefficient (Wildman–Crippen LogP) is 7.21. The van der Waals surface area contributed by atoms with Crippen LogP contribution in [0.25, 0.3) is 0 Å². The summed E-state index contributed by atoms with van der Waals surface area (Å²) >= 11 is 0. The summed E-state index contributed by atoms with van der Waals surface area (Å²) in [5, 5.41) is 0. The SMILES string of the molecule is CN(Cc1cc(F)cc(C(F)(F)F)c1)CC1(N2CCN(Cc3cc(F)cc(C(F)(F)F)c3)CC2)Cc2ccccc2C1.Cl. The van der Waals surface area contributed by atoms with Crippen LogP contribution in [0.4, 0.5) is 35.1 Å². The molecule has 1 aliphatic heterocycles. The van der Waals surface area contributed by atoms with E-state index >= 15 is 0 Å². The van der Waals surface area contributed by atoms with Gasteiger partial charge in [0.05, 0.1) is 11.1 Å². The van der Waals surface area contributed by atoms with Crippen molar-refractivity contribution in [3.05, 3.63) is 106 Å². The Kier molecular flexibility index (Phi) is 9.80. The summed E-state index contributed by atoms with van der Waals surface area (Å²) < 4.78 is 107. The van der Waals surface area contributed by atoms with E-state index in [2.05, 4.69) is 17.0 Å². The van der Waals surface area contributed by atoms with Crippen LogP contribution in [0.5, 0.6) is 0 Å². The van der Waals surface area contributed by atoms with Gasteiger partial charge in [0.25, 0.3) is 0 Å². The first kappa shape index (κ1) is 33.2. The molecule has 234 valence electrons. The van der Waals surface area contributed by atoms with Gasteiger partial charge in [-0.2, -0.15) is 26.3 Å². The topological polar surface area (TPSA) is 9.72 Å². The van der Waals surface area contributed by atoms with Crippen LogP contribution in [0, 0.1) is 11.6 Å². The maximum absolute atomic E-state index is 14.0. The van der Waals surface area contributed by atoms with Gasteiger partial charge in [0.1, 0.15) is 11.6 Å². The second-order valence-electron chi connectivity index (χ2n) is 11.5. The number of likely N-dealkylation sites (N-methyl/N-ethyl adjacent to an activating group) is 1. The molecule has 1 aliphatic carbocycles. The van der Waals surface area contributed by atoms with Crippen molar-refractivity contribution in [2.45, 2.75) is 43.8 Å². The zero-order chi connectivity index (χ0) is 30.3. The van der Waals surface area contributed by atoms with Gasteiger partial charge in [0.15, 0.2) is 0 Å². The Labute approximate surface area is 251 Å². The zero-order valence-electron chi connectivity index (χ0n) is 23.4. The highest BCUT2D eigenvalue weighted by Gasteiger charge is 2.44. The summed E-state index contributed by atoms with van der Waals surface area (Å²) in [6, 6.07) is 13.3. The molecule has 5 rings (SSSR count). The molecule has 3 aromatic rings. The van der Waals surface area contributed by atoms with Crippen molar-refractivity contribution in [2.75, 3.05) is 39.8 Å². The number of hydrogen-bond acceptors (Lipinski definition) is 3. The third kappa shape index (κ3) is 7.87. The summed E-state index contributed by atoms with van der Waals surface area (Å²) in [5.41, 5.74) is 0.469. The molecule has 0 saturated carbocycles. The fourth-order valence-corrected chi connectivity index (χ4v) is 6.43. The van der Waals surface area contributed by atoms with Crippen LogP contribution in [-0.4, -0.2) is 60.0 Å².